The van der Waals surface area contributed by atoms with Crippen LogP contribution < -0.4 is 5.84 Å². The third kappa shape index (κ3) is 3.65. The molecule has 0 saturated carbocycles. The van der Waals surface area contributed by atoms with Crippen LogP contribution in [0.4, 0.5) is 0 Å². The van der Waals surface area contributed by atoms with Crippen molar-refractivity contribution in [2.45, 2.75) is 13.1 Å². The maximum absolute atomic E-state index is 9.47. The van der Waals surface area contributed by atoms with Gasteiger partial charge in [-0.05, 0) is 11.1 Å². The van der Waals surface area contributed by atoms with E-state index < -0.39 is 0 Å². The van der Waals surface area contributed by atoms with Gasteiger partial charge in [-0.1, -0.05) is 65.9 Å². The van der Waals surface area contributed by atoms with Gasteiger partial charge in [-0.2, -0.15) is 5.01 Å². The summed E-state index contributed by atoms with van der Waals surface area (Å²) in [7, 11) is 0. The standard InChI is InChI=1S/C14H17N3O/c15-17(18)16(11-13-7-3-1-4-8-13)12-14-9-5-2-6-10-14/h1-10,18H,11-12,15H2. The summed E-state index contributed by atoms with van der Waals surface area (Å²) in [4.78, 5) is 0. The highest BCUT2D eigenvalue weighted by Gasteiger charge is 2.10. The van der Waals surface area contributed by atoms with Crippen LogP contribution in [0.5, 0.6) is 0 Å². The van der Waals surface area contributed by atoms with Crippen LogP contribution >= 0.6 is 0 Å². The van der Waals surface area contributed by atoms with Gasteiger partial charge >= 0.3 is 0 Å². The summed E-state index contributed by atoms with van der Waals surface area (Å²) in [6.45, 7) is 1.12. The minimum absolute atomic E-state index is 0.558. The first-order valence-electron chi connectivity index (χ1n) is 5.82. The molecular weight excluding hydrogens is 226 g/mol. The highest BCUT2D eigenvalue weighted by Crippen LogP contribution is 2.09. The van der Waals surface area contributed by atoms with Crippen molar-refractivity contribution >= 4 is 0 Å². The third-order valence-electron chi connectivity index (χ3n) is 2.71. The molecule has 2 aromatic carbocycles. The van der Waals surface area contributed by atoms with E-state index >= 15 is 0 Å². The average molecular weight is 243 g/mol. The van der Waals surface area contributed by atoms with Gasteiger partial charge < -0.3 is 0 Å². The van der Waals surface area contributed by atoms with Crippen LogP contribution in [0.25, 0.3) is 0 Å². The minimum Gasteiger partial charge on any atom is -0.285 e. The molecule has 2 rings (SSSR count). The van der Waals surface area contributed by atoms with Crippen LogP contribution in [0.2, 0.25) is 0 Å². The molecule has 0 aliphatic heterocycles. The zero-order valence-electron chi connectivity index (χ0n) is 10.1. The predicted octanol–water partition coefficient (Wildman–Crippen LogP) is 2.17. The fraction of sp³-hybridized carbons (Fsp3) is 0.143. The molecule has 0 amide bonds. The summed E-state index contributed by atoms with van der Waals surface area (Å²) >= 11 is 0. The van der Waals surface area contributed by atoms with E-state index in [1.54, 1.807) is 5.01 Å². The summed E-state index contributed by atoms with van der Waals surface area (Å²) < 4.78 is 0. The Hall–Kier alpha value is -1.72. The number of benzene rings is 2. The van der Waals surface area contributed by atoms with Gasteiger partial charge in [-0.15, -0.1) is 0 Å². The second-order valence-electron chi connectivity index (χ2n) is 4.11. The molecule has 0 aromatic heterocycles. The molecular formula is C14H17N3O. The van der Waals surface area contributed by atoms with Crippen molar-refractivity contribution in [3.8, 4) is 0 Å². The van der Waals surface area contributed by atoms with Gasteiger partial charge in [0.1, 0.15) is 0 Å². The molecule has 0 radical (unpaired) electrons. The molecule has 0 unspecified atom stereocenters. The van der Waals surface area contributed by atoms with Gasteiger partial charge in [-0.3, -0.25) is 5.21 Å². The molecule has 0 heterocycles. The molecule has 18 heavy (non-hydrogen) atoms. The van der Waals surface area contributed by atoms with Crippen LogP contribution in [0.3, 0.4) is 0 Å². The lowest BCUT2D eigenvalue weighted by Crippen LogP contribution is -2.44. The second kappa shape index (κ2) is 6.28. The SMILES string of the molecule is NN(O)N(Cc1ccccc1)Cc1ccccc1. The first-order chi connectivity index (χ1) is 8.75. The number of nitrogens with two attached hydrogens (primary N) is 1. The number of hydrazine groups is 2. The van der Waals surface area contributed by atoms with Crippen LogP contribution in [0, 0.1) is 0 Å². The summed E-state index contributed by atoms with van der Waals surface area (Å²) in [5.74, 6) is 5.45. The fourth-order valence-electron chi connectivity index (χ4n) is 1.79. The average Bonchev–Trinajstić information content (AvgIpc) is 2.40. The maximum Gasteiger partial charge on any atom is 0.0424 e. The fourth-order valence-corrected chi connectivity index (χ4v) is 1.79. The summed E-state index contributed by atoms with van der Waals surface area (Å²) in [5.41, 5.74) is 2.19. The molecule has 0 fully saturated rings. The number of hydrogen-bond acceptors (Lipinski definition) is 4. The first-order valence-corrected chi connectivity index (χ1v) is 5.82. The molecule has 0 bridgehead atoms. The molecule has 4 heteroatoms. The lowest BCUT2D eigenvalue weighted by molar-refractivity contribution is -0.259. The first kappa shape index (κ1) is 12.7. The molecule has 0 aliphatic rings. The van der Waals surface area contributed by atoms with E-state index in [0.29, 0.717) is 18.4 Å². The van der Waals surface area contributed by atoms with Gasteiger partial charge in [0, 0.05) is 13.1 Å². The predicted molar refractivity (Wildman–Crippen MR) is 69.9 cm³/mol. The topological polar surface area (TPSA) is 52.7 Å². The van der Waals surface area contributed by atoms with E-state index in [4.69, 9.17) is 5.84 Å². The third-order valence-corrected chi connectivity index (χ3v) is 2.71. The Kier molecular flexibility index (Phi) is 4.44. The van der Waals surface area contributed by atoms with Crippen LogP contribution in [0.1, 0.15) is 11.1 Å². The van der Waals surface area contributed by atoms with E-state index in [1.165, 1.54) is 0 Å². The van der Waals surface area contributed by atoms with Crippen LogP contribution in [-0.2, 0) is 13.1 Å². The van der Waals surface area contributed by atoms with Crippen molar-refractivity contribution in [2.75, 3.05) is 0 Å². The number of hydrogen-bond donors (Lipinski definition) is 2. The molecule has 2 aromatic rings. The summed E-state index contributed by atoms with van der Waals surface area (Å²) in [6, 6.07) is 19.8. The number of nitrogens with zero attached hydrogens (tertiary/aromatic N) is 2. The Morgan fingerprint density at radius 2 is 1.17 bits per heavy atom. The van der Waals surface area contributed by atoms with Gasteiger partial charge in [0.05, 0.1) is 0 Å². The largest absolute Gasteiger partial charge is 0.285 e. The summed E-state index contributed by atoms with van der Waals surface area (Å²) in [6.07, 6.45) is 0. The molecule has 94 valence electrons. The van der Waals surface area contributed by atoms with Gasteiger partial charge in [0.15, 0.2) is 0 Å². The Labute approximate surface area is 107 Å². The smallest absolute Gasteiger partial charge is 0.0424 e. The van der Waals surface area contributed by atoms with Crippen LogP contribution in [0.15, 0.2) is 60.7 Å². The van der Waals surface area contributed by atoms with Gasteiger partial charge in [0.2, 0.25) is 0 Å². The Morgan fingerprint density at radius 3 is 1.50 bits per heavy atom. The van der Waals surface area contributed by atoms with Gasteiger partial charge in [0.25, 0.3) is 0 Å². The Morgan fingerprint density at radius 1 is 0.778 bits per heavy atom. The van der Waals surface area contributed by atoms with E-state index in [1.807, 2.05) is 60.7 Å². The van der Waals surface area contributed by atoms with Crippen LogP contribution in [-0.4, -0.2) is 15.5 Å². The zero-order valence-corrected chi connectivity index (χ0v) is 10.1. The molecule has 3 N–H and O–H groups in total. The normalized spacial score (nSPS) is 11.1. The molecule has 0 saturated heterocycles. The molecule has 0 spiro atoms. The zero-order chi connectivity index (χ0) is 12.8. The van der Waals surface area contributed by atoms with E-state index in [9.17, 15) is 5.21 Å². The Balaban J connectivity index is 2.05. The van der Waals surface area contributed by atoms with Crippen molar-refractivity contribution in [3.05, 3.63) is 71.8 Å². The second-order valence-corrected chi connectivity index (χ2v) is 4.11. The van der Waals surface area contributed by atoms with Gasteiger partial charge in [-0.25, -0.2) is 5.84 Å². The lowest BCUT2D eigenvalue weighted by Gasteiger charge is -2.26. The van der Waals surface area contributed by atoms with Crippen molar-refractivity contribution in [1.29, 1.82) is 0 Å². The maximum atomic E-state index is 9.47. The lowest BCUT2D eigenvalue weighted by atomic mass is 10.2. The van der Waals surface area contributed by atoms with E-state index in [2.05, 4.69) is 0 Å². The molecule has 0 atom stereocenters. The molecule has 4 nitrogen and oxygen atoms in total. The quantitative estimate of drug-likeness (QED) is 0.624. The van der Waals surface area contributed by atoms with Crippen molar-refractivity contribution in [2.24, 2.45) is 5.84 Å². The monoisotopic (exact) mass is 243 g/mol. The van der Waals surface area contributed by atoms with Crippen molar-refractivity contribution < 1.29 is 5.21 Å². The van der Waals surface area contributed by atoms with E-state index in [-0.39, 0.29) is 0 Å². The van der Waals surface area contributed by atoms with Crippen molar-refractivity contribution in [1.82, 2.24) is 10.3 Å². The highest BCUT2D eigenvalue weighted by molar-refractivity contribution is 5.16. The number of rotatable bonds is 5. The highest BCUT2D eigenvalue weighted by atomic mass is 16.6. The summed E-state index contributed by atoms with van der Waals surface area (Å²) in [5, 5.41) is 11.8. The van der Waals surface area contributed by atoms with E-state index in [0.717, 1.165) is 11.1 Å². The van der Waals surface area contributed by atoms with Crippen molar-refractivity contribution in [3.63, 3.8) is 0 Å². The molecule has 0 aliphatic carbocycles. The Bertz CT molecular complexity index is 417. The minimum atomic E-state index is 0.558.